The Kier molecular flexibility index (Phi) is 8.12. The highest BCUT2D eigenvalue weighted by Crippen LogP contribution is 2.64. The van der Waals surface area contributed by atoms with Crippen LogP contribution in [-0.4, -0.2) is 38.5 Å². The van der Waals surface area contributed by atoms with Crippen molar-refractivity contribution >= 4 is 84.1 Å². The van der Waals surface area contributed by atoms with Crippen molar-refractivity contribution in [2.45, 2.75) is 46.0 Å². The maximum absolute atomic E-state index is 15.1. The summed E-state index contributed by atoms with van der Waals surface area (Å²) in [5.41, 5.74) is 3.24. The fourth-order valence-electron chi connectivity index (χ4n) is 9.68. The highest BCUT2D eigenvalue weighted by molar-refractivity contribution is 9.10. The number of aromatic hydroxyl groups is 1. The lowest BCUT2D eigenvalue weighted by molar-refractivity contribution is -0.131. The van der Waals surface area contributed by atoms with Crippen molar-refractivity contribution in [3.8, 4) is 16.3 Å². The number of carbonyl (C=O) groups excluding carboxylic acids is 4. The average Bonchev–Trinajstić information content (AvgIpc) is 3.83. The summed E-state index contributed by atoms with van der Waals surface area (Å²) in [6.07, 6.45) is 3.34. The fourth-order valence-corrected chi connectivity index (χ4v) is 11.4. The average molecular weight is 824 g/mol. The zero-order valence-corrected chi connectivity index (χ0v) is 33.1. The zero-order chi connectivity index (χ0) is 38.0. The number of nitrogens with zero attached hydrogens (tertiary/aromatic N) is 4. The first-order valence-electron chi connectivity index (χ1n) is 18.1. The molecular weight excluding hydrogens is 788 g/mol. The van der Waals surface area contributed by atoms with Crippen LogP contribution in [0.3, 0.4) is 0 Å². The van der Waals surface area contributed by atoms with Crippen LogP contribution in [0.2, 0.25) is 5.02 Å². The van der Waals surface area contributed by atoms with E-state index in [2.05, 4.69) is 15.9 Å². The maximum atomic E-state index is 15.1. The number of aryl methyl sites for hydroxylation is 3. The van der Waals surface area contributed by atoms with Gasteiger partial charge in [0.1, 0.15) is 17.3 Å². The number of hydrogen-bond acceptors (Lipinski definition) is 7. The third kappa shape index (κ3) is 4.90. The first-order valence-corrected chi connectivity index (χ1v) is 20.1. The molecule has 1 N–H and O–H groups in total. The van der Waals surface area contributed by atoms with E-state index in [0.717, 1.165) is 38.1 Å². The Morgan fingerprint density at radius 2 is 1.72 bits per heavy atom. The summed E-state index contributed by atoms with van der Waals surface area (Å²) in [5.74, 6) is -4.42. The number of amides is 4. The molecule has 3 aromatic carbocycles. The minimum atomic E-state index is -1.32. The lowest BCUT2D eigenvalue weighted by atomic mass is 9.51. The molecule has 0 bridgehead atoms. The van der Waals surface area contributed by atoms with Gasteiger partial charge in [-0.1, -0.05) is 58.2 Å². The van der Waals surface area contributed by atoms with E-state index in [0.29, 0.717) is 38.7 Å². The van der Waals surface area contributed by atoms with E-state index in [-0.39, 0.29) is 29.9 Å². The largest absolute Gasteiger partial charge is 0.508 e. The molecule has 4 amide bonds. The molecule has 0 unspecified atom stereocenters. The Balaban J connectivity index is 1.15. The number of benzene rings is 3. The van der Waals surface area contributed by atoms with Crippen molar-refractivity contribution in [1.29, 1.82) is 0 Å². The predicted octanol–water partition coefficient (Wildman–Crippen LogP) is 8.73. The second-order valence-corrected chi connectivity index (χ2v) is 17.5. The van der Waals surface area contributed by atoms with Crippen LogP contribution < -0.4 is 9.80 Å². The summed E-state index contributed by atoms with van der Waals surface area (Å²) in [7, 11) is 1.72. The Morgan fingerprint density at radius 1 is 0.963 bits per heavy atom. The van der Waals surface area contributed by atoms with Crippen LogP contribution in [0.5, 0.6) is 5.75 Å². The standard InChI is InChI=1S/C42H36BrClN4O5S/c1-5-21-6-10-24(11-7-21)47-38(50)26-13-12-25-28(35(26)40(47)52)18-30-39(51)48(41(53)42(30,3)36(25)29-16-22(43)8-14-32(29)49)34-19-31(45-46(34)4)37-20(2)27-17-23(44)9-15-33(27)54-37/h6-12,14-17,19,26,28,30,35-36,49H,5,13,18H2,1-4H3/t26-,28+,30-,35-,36+,42+/m0/s1. The highest BCUT2D eigenvalue weighted by Gasteiger charge is 2.68. The number of allylic oxidation sites excluding steroid dienone is 2. The minimum Gasteiger partial charge on any atom is -0.508 e. The first-order chi connectivity index (χ1) is 25.8. The smallest absolute Gasteiger partial charge is 0.242 e. The molecule has 9 nitrogen and oxygen atoms in total. The van der Waals surface area contributed by atoms with Gasteiger partial charge >= 0.3 is 0 Å². The molecule has 12 heteroatoms. The van der Waals surface area contributed by atoms with Gasteiger partial charge in [-0.2, -0.15) is 5.10 Å². The van der Waals surface area contributed by atoms with Gasteiger partial charge < -0.3 is 5.11 Å². The number of fused-ring (bicyclic) bond motifs is 5. The van der Waals surface area contributed by atoms with Gasteiger partial charge in [0.25, 0.3) is 0 Å². The van der Waals surface area contributed by atoms with Gasteiger partial charge in [0.15, 0.2) is 0 Å². The first kappa shape index (κ1) is 35.1. The Labute approximate surface area is 329 Å². The van der Waals surface area contributed by atoms with Gasteiger partial charge in [-0.15, -0.1) is 11.3 Å². The van der Waals surface area contributed by atoms with Gasteiger partial charge in [0.05, 0.1) is 33.7 Å². The molecule has 4 aliphatic rings. The molecular formula is C42H36BrClN4O5S. The molecule has 274 valence electrons. The van der Waals surface area contributed by atoms with E-state index in [9.17, 15) is 19.5 Å². The quantitative estimate of drug-likeness (QED) is 0.140. The molecule has 1 saturated carbocycles. The van der Waals surface area contributed by atoms with Crippen LogP contribution in [0.1, 0.15) is 49.3 Å². The molecule has 2 aliphatic heterocycles. The number of carbonyl (C=O) groups is 4. The van der Waals surface area contributed by atoms with Crippen LogP contribution in [0, 0.1) is 36.0 Å². The molecule has 2 aliphatic carbocycles. The molecule has 54 heavy (non-hydrogen) atoms. The number of phenolic OH excluding ortho intramolecular Hbond substituents is 1. The molecule has 5 aromatic rings. The number of anilines is 2. The van der Waals surface area contributed by atoms with Gasteiger partial charge in [0, 0.05) is 38.8 Å². The van der Waals surface area contributed by atoms with Crippen LogP contribution in [0.15, 0.2) is 82.9 Å². The van der Waals surface area contributed by atoms with Gasteiger partial charge in [-0.25, -0.2) is 4.90 Å². The van der Waals surface area contributed by atoms with Crippen molar-refractivity contribution in [1.82, 2.24) is 9.78 Å². The van der Waals surface area contributed by atoms with Gasteiger partial charge in [0.2, 0.25) is 23.6 Å². The summed E-state index contributed by atoms with van der Waals surface area (Å²) >= 11 is 11.5. The monoisotopic (exact) mass is 822 g/mol. The van der Waals surface area contributed by atoms with Crippen molar-refractivity contribution in [3.05, 3.63) is 105 Å². The molecule has 0 spiro atoms. The lowest BCUT2D eigenvalue weighted by Crippen LogP contribution is -2.49. The fraction of sp³-hybridized carbons (Fsp3) is 0.310. The molecule has 2 saturated heterocycles. The third-order valence-corrected chi connectivity index (χ3v) is 14.4. The van der Waals surface area contributed by atoms with Crippen LogP contribution >= 0.6 is 38.9 Å². The van der Waals surface area contributed by atoms with Crippen molar-refractivity contribution < 1.29 is 24.3 Å². The summed E-state index contributed by atoms with van der Waals surface area (Å²) in [5, 5.41) is 17.9. The van der Waals surface area contributed by atoms with Gasteiger partial charge in [-0.05, 0) is 104 Å². The Hall–Kier alpha value is -4.58. The van der Waals surface area contributed by atoms with Crippen LogP contribution in [0.25, 0.3) is 20.7 Å². The number of phenols is 1. The molecule has 2 aromatic heterocycles. The van der Waals surface area contributed by atoms with E-state index >= 15 is 4.79 Å². The summed E-state index contributed by atoms with van der Waals surface area (Å²) in [6.45, 7) is 5.87. The number of aromatic nitrogens is 2. The second-order valence-electron chi connectivity index (χ2n) is 15.1. The summed E-state index contributed by atoms with van der Waals surface area (Å²) in [4.78, 5) is 61.9. The molecule has 4 heterocycles. The normalized spacial score (nSPS) is 26.4. The molecule has 3 fully saturated rings. The van der Waals surface area contributed by atoms with Crippen LogP contribution in [-0.2, 0) is 32.6 Å². The second kappa shape index (κ2) is 12.5. The van der Waals surface area contributed by atoms with E-state index in [4.69, 9.17) is 16.7 Å². The van der Waals surface area contributed by atoms with Crippen molar-refractivity contribution in [3.63, 3.8) is 0 Å². The van der Waals surface area contributed by atoms with E-state index < -0.39 is 40.9 Å². The number of rotatable bonds is 5. The Morgan fingerprint density at radius 3 is 2.46 bits per heavy atom. The topological polar surface area (TPSA) is 113 Å². The predicted molar refractivity (Wildman–Crippen MR) is 213 cm³/mol. The minimum absolute atomic E-state index is 0.0137. The number of thiophene rings is 1. The summed E-state index contributed by atoms with van der Waals surface area (Å²) < 4.78 is 3.32. The van der Waals surface area contributed by atoms with E-state index in [1.54, 1.807) is 47.3 Å². The number of halogens is 2. The molecule has 9 rings (SSSR count). The zero-order valence-electron chi connectivity index (χ0n) is 30.0. The van der Waals surface area contributed by atoms with E-state index in [1.807, 2.05) is 69.3 Å². The lowest BCUT2D eigenvalue weighted by Gasteiger charge is -2.49. The number of hydrogen-bond donors (Lipinski definition) is 1. The summed E-state index contributed by atoms with van der Waals surface area (Å²) in [6, 6.07) is 20.1. The highest BCUT2D eigenvalue weighted by atomic mass is 79.9. The van der Waals surface area contributed by atoms with Crippen molar-refractivity contribution in [2.24, 2.45) is 36.1 Å². The molecule has 0 radical (unpaired) electrons. The van der Waals surface area contributed by atoms with Gasteiger partial charge in [-0.3, -0.25) is 28.8 Å². The van der Waals surface area contributed by atoms with E-state index in [1.165, 1.54) is 9.80 Å². The van der Waals surface area contributed by atoms with Crippen molar-refractivity contribution in [2.75, 3.05) is 9.80 Å². The third-order valence-electron chi connectivity index (χ3n) is 12.4. The maximum Gasteiger partial charge on any atom is 0.242 e. The van der Waals surface area contributed by atoms with Crippen LogP contribution in [0.4, 0.5) is 11.5 Å². The Bertz CT molecular complexity index is 2510. The molecule has 6 atom stereocenters. The SMILES string of the molecule is CCc1ccc(N2C(=O)[C@H]3[C@H](CC=C4[C@H]3C[C@H]3C(=O)N(c5cc(-c6sc7ccc(Cl)cc7c6C)nn5C)C(=O)[C@@]3(C)[C@H]4c3cc(Br)ccc3O)C2=O)cc1. The number of imide groups is 2.